The van der Waals surface area contributed by atoms with E-state index in [4.69, 9.17) is 19.4 Å². The number of aromatic nitrogens is 2. The van der Waals surface area contributed by atoms with Crippen molar-refractivity contribution in [3.63, 3.8) is 0 Å². The summed E-state index contributed by atoms with van der Waals surface area (Å²) in [5.41, 5.74) is 4.20. The molecule has 2 amide bonds. The summed E-state index contributed by atoms with van der Waals surface area (Å²) in [7, 11) is 0. The minimum absolute atomic E-state index is 0.137. The lowest BCUT2D eigenvalue weighted by Gasteiger charge is -2.19. The molecular formula is C26H24N6O4. The number of nitrogens with zero attached hydrogens (tertiary/aromatic N) is 2. The van der Waals surface area contributed by atoms with Crippen molar-refractivity contribution in [2.45, 2.75) is 13.8 Å². The third kappa shape index (κ3) is 5.27. The molecule has 36 heavy (non-hydrogen) atoms. The van der Waals surface area contributed by atoms with Crippen molar-refractivity contribution in [3.05, 3.63) is 60.7 Å². The standard InChI is InChI=1S/C26H24N6O4/c1-15(33)27-17-3-7-19(8-4-17)29-25-26(30-20-9-5-18(6-10-20)28-16(2)34)32-22-14-24-23(13-21(22)31-25)35-11-12-36-24/h3-10,13-14H,11-12H2,1-2H3,(H,27,33)(H,28,34)(H,29,31)(H,30,32). The molecule has 0 saturated carbocycles. The van der Waals surface area contributed by atoms with Gasteiger partial charge in [-0.2, -0.15) is 0 Å². The van der Waals surface area contributed by atoms with Gasteiger partial charge in [-0.15, -0.1) is 0 Å². The second-order valence-electron chi connectivity index (χ2n) is 8.17. The molecule has 182 valence electrons. The largest absolute Gasteiger partial charge is 0.486 e. The van der Waals surface area contributed by atoms with Crippen LogP contribution in [0, 0.1) is 0 Å². The normalized spacial score (nSPS) is 12.1. The summed E-state index contributed by atoms with van der Waals surface area (Å²) in [5.74, 6) is 1.98. The number of carbonyl (C=O) groups excluding carboxylic acids is 2. The van der Waals surface area contributed by atoms with Crippen molar-refractivity contribution in [1.82, 2.24) is 9.97 Å². The maximum absolute atomic E-state index is 11.3. The van der Waals surface area contributed by atoms with Crippen LogP contribution in [0.3, 0.4) is 0 Å². The Morgan fingerprint density at radius 2 is 1.00 bits per heavy atom. The quantitative estimate of drug-likeness (QED) is 0.307. The Labute approximate surface area is 207 Å². The van der Waals surface area contributed by atoms with Crippen LogP contribution in [0.2, 0.25) is 0 Å². The molecular weight excluding hydrogens is 460 g/mol. The Kier molecular flexibility index (Phi) is 6.23. The van der Waals surface area contributed by atoms with Gasteiger partial charge in [-0.25, -0.2) is 9.97 Å². The summed E-state index contributed by atoms with van der Waals surface area (Å²) in [6.07, 6.45) is 0. The van der Waals surface area contributed by atoms with Crippen LogP contribution >= 0.6 is 0 Å². The molecule has 1 aliphatic rings. The number of nitrogens with one attached hydrogen (secondary N) is 4. The lowest BCUT2D eigenvalue weighted by atomic mass is 10.2. The Morgan fingerprint density at radius 1 is 0.639 bits per heavy atom. The monoisotopic (exact) mass is 484 g/mol. The Bertz CT molecular complexity index is 1330. The zero-order valence-corrected chi connectivity index (χ0v) is 19.7. The van der Waals surface area contributed by atoms with Gasteiger partial charge in [0.1, 0.15) is 13.2 Å². The lowest BCUT2D eigenvalue weighted by Crippen LogP contribution is -2.15. The van der Waals surface area contributed by atoms with E-state index >= 15 is 0 Å². The Hall–Kier alpha value is -4.86. The van der Waals surface area contributed by atoms with Crippen LogP contribution in [0.5, 0.6) is 11.5 Å². The second-order valence-corrected chi connectivity index (χ2v) is 8.17. The van der Waals surface area contributed by atoms with Crippen LogP contribution in [-0.2, 0) is 9.59 Å². The van der Waals surface area contributed by atoms with Crippen LogP contribution < -0.4 is 30.7 Å². The summed E-state index contributed by atoms with van der Waals surface area (Å²) < 4.78 is 11.4. The molecule has 5 rings (SSSR count). The van der Waals surface area contributed by atoms with E-state index in [1.807, 2.05) is 36.4 Å². The molecule has 10 nitrogen and oxygen atoms in total. The third-order valence-electron chi connectivity index (χ3n) is 5.26. The van der Waals surface area contributed by atoms with E-state index in [1.54, 1.807) is 24.3 Å². The predicted molar refractivity (Wildman–Crippen MR) is 139 cm³/mol. The van der Waals surface area contributed by atoms with Gasteiger partial charge < -0.3 is 30.7 Å². The van der Waals surface area contributed by atoms with Crippen LogP contribution in [0.1, 0.15) is 13.8 Å². The fourth-order valence-electron chi connectivity index (χ4n) is 3.72. The minimum Gasteiger partial charge on any atom is -0.486 e. The predicted octanol–water partition coefficient (Wildman–Crippen LogP) is 4.81. The highest BCUT2D eigenvalue weighted by atomic mass is 16.6. The topological polar surface area (TPSA) is 126 Å². The maximum atomic E-state index is 11.3. The van der Waals surface area contributed by atoms with Crippen molar-refractivity contribution >= 4 is 57.2 Å². The van der Waals surface area contributed by atoms with Crippen LogP contribution in [0.15, 0.2) is 60.7 Å². The van der Waals surface area contributed by atoms with E-state index in [0.717, 1.165) is 11.4 Å². The summed E-state index contributed by atoms with van der Waals surface area (Å²) in [6.45, 7) is 3.88. The minimum atomic E-state index is -0.137. The number of anilines is 6. The average Bonchev–Trinajstić information content (AvgIpc) is 2.85. The van der Waals surface area contributed by atoms with Crippen molar-refractivity contribution < 1.29 is 19.1 Å². The van der Waals surface area contributed by atoms with E-state index in [1.165, 1.54) is 13.8 Å². The molecule has 0 saturated heterocycles. The fraction of sp³-hybridized carbons (Fsp3) is 0.154. The molecule has 0 bridgehead atoms. The van der Waals surface area contributed by atoms with Gasteiger partial charge in [0.25, 0.3) is 0 Å². The second kappa shape index (κ2) is 9.79. The number of benzene rings is 3. The van der Waals surface area contributed by atoms with E-state index in [-0.39, 0.29) is 11.8 Å². The van der Waals surface area contributed by atoms with Crippen LogP contribution in [-0.4, -0.2) is 35.0 Å². The number of amides is 2. The highest BCUT2D eigenvalue weighted by Gasteiger charge is 2.17. The molecule has 4 aromatic rings. The van der Waals surface area contributed by atoms with Gasteiger partial charge in [-0.3, -0.25) is 9.59 Å². The van der Waals surface area contributed by atoms with Gasteiger partial charge in [-0.05, 0) is 48.5 Å². The smallest absolute Gasteiger partial charge is 0.221 e. The molecule has 2 heterocycles. The summed E-state index contributed by atoms with van der Waals surface area (Å²) in [5, 5.41) is 12.1. The summed E-state index contributed by atoms with van der Waals surface area (Å²) >= 11 is 0. The number of hydrogen-bond acceptors (Lipinski definition) is 8. The number of fused-ring (bicyclic) bond motifs is 2. The van der Waals surface area contributed by atoms with Gasteiger partial charge >= 0.3 is 0 Å². The van der Waals surface area contributed by atoms with Crippen molar-refractivity contribution in [2.24, 2.45) is 0 Å². The SMILES string of the molecule is CC(=O)Nc1ccc(Nc2nc3cc4c(cc3nc2Nc2ccc(NC(C)=O)cc2)OCCO4)cc1. The molecule has 0 aliphatic carbocycles. The van der Waals surface area contributed by atoms with Gasteiger partial charge in [0.15, 0.2) is 23.1 Å². The number of ether oxygens (including phenoxy) is 2. The first kappa shape index (κ1) is 22.9. The molecule has 4 N–H and O–H groups in total. The van der Waals surface area contributed by atoms with E-state index in [9.17, 15) is 9.59 Å². The van der Waals surface area contributed by atoms with Crippen molar-refractivity contribution in [3.8, 4) is 11.5 Å². The summed E-state index contributed by atoms with van der Waals surface area (Å²) in [4.78, 5) is 32.2. The molecule has 10 heteroatoms. The number of carbonyl (C=O) groups is 2. The zero-order valence-electron chi connectivity index (χ0n) is 19.7. The summed E-state index contributed by atoms with van der Waals surface area (Å²) in [6, 6.07) is 18.2. The first-order chi connectivity index (χ1) is 17.4. The first-order valence-corrected chi connectivity index (χ1v) is 11.3. The zero-order chi connectivity index (χ0) is 25.1. The molecule has 3 aromatic carbocycles. The van der Waals surface area contributed by atoms with E-state index in [2.05, 4.69) is 21.3 Å². The van der Waals surface area contributed by atoms with E-state index in [0.29, 0.717) is 58.8 Å². The molecule has 0 fully saturated rings. The average molecular weight is 485 g/mol. The van der Waals surface area contributed by atoms with Gasteiger partial charge in [0.05, 0.1) is 11.0 Å². The molecule has 0 unspecified atom stereocenters. The molecule has 1 aromatic heterocycles. The van der Waals surface area contributed by atoms with Crippen molar-refractivity contribution in [2.75, 3.05) is 34.5 Å². The van der Waals surface area contributed by atoms with Crippen LogP contribution in [0.25, 0.3) is 11.0 Å². The molecule has 0 atom stereocenters. The number of rotatable bonds is 6. The van der Waals surface area contributed by atoms with Gasteiger partial charge in [0, 0.05) is 48.7 Å². The lowest BCUT2D eigenvalue weighted by molar-refractivity contribution is -0.115. The molecule has 0 spiro atoms. The maximum Gasteiger partial charge on any atom is 0.221 e. The highest BCUT2D eigenvalue weighted by molar-refractivity contribution is 5.90. The highest BCUT2D eigenvalue weighted by Crippen LogP contribution is 2.36. The molecule has 1 aliphatic heterocycles. The van der Waals surface area contributed by atoms with Gasteiger partial charge in [-0.1, -0.05) is 0 Å². The Balaban J connectivity index is 1.49. The Morgan fingerprint density at radius 3 is 1.36 bits per heavy atom. The van der Waals surface area contributed by atoms with Crippen LogP contribution in [0.4, 0.5) is 34.4 Å². The molecule has 0 radical (unpaired) electrons. The fourth-order valence-corrected chi connectivity index (χ4v) is 3.72. The van der Waals surface area contributed by atoms with E-state index < -0.39 is 0 Å². The first-order valence-electron chi connectivity index (χ1n) is 11.3. The van der Waals surface area contributed by atoms with Crippen molar-refractivity contribution in [1.29, 1.82) is 0 Å². The van der Waals surface area contributed by atoms with Gasteiger partial charge in [0.2, 0.25) is 11.8 Å². The third-order valence-corrected chi connectivity index (χ3v) is 5.26. The number of hydrogen-bond donors (Lipinski definition) is 4.